The van der Waals surface area contributed by atoms with Crippen LogP contribution in [0.15, 0.2) is 17.0 Å². The van der Waals surface area contributed by atoms with E-state index < -0.39 is 10.0 Å². The molecule has 6 heteroatoms. The largest absolute Gasteiger partial charge is 0.303 e. The van der Waals surface area contributed by atoms with Crippen molar-refractivity contribution in [1.82, 2.24) is 9.21 Å². The van der Waals surface area contributed by atoms with Gasteiger partial charge in [-0.1, -0.05) is 6.07 Å². The van der Waals surface area contributed by atoms with E-state index in [0.717, 1.165) is 29.8 Å². The fourth-order valence-corrected chi connectivity index (χ4v) is 5.06. The van der Waals surface area contributed by atoms with Crippen LogP contribution >= 0.6 is 11.6 Å². The van der Waals surface area contributed by atoms with Crippen molar-refractivity contribution in [3.63, 3.8) is 0 Å². The lowest BCUT2D eigenvalue weighted by atomic mass is 10.1. The van der Waals surface area contributed by atoms with E-state index in [1.807, 2.05) is 33.9 Å². The molecule has 2 rings (SSSR count). The molecule has 1 atom stereocenters. The first kappa shape index (κ1) is 16.7. The minimum atomic E-state index is -3.47. The van der Waals surface area contributed by atoms with Gasteiger partial charge < -0.3 is 4.90 Å². The van der Waals surface area contributed by atoms with Crippen molar-refractivity contribution in [2.24, 2.45) is 0 Å². The molecule has 21 heavy (non-hydrogen) atoms. The van der Waals surface area contributed by atoms with Gasteiger partial charge in [0.15, 0.2) is 0 Å². The number of benzene rings is 1. The highest BCUT2D eigenvalue weighted by molar-refractivity contribution is 7.89. The fraction of sp³-hybridized carbons (Fsp3) is 0.600. The topological polar surface area (TPSA) is 40.6 Å². The van der Waals surface area contributed by atoms with Gasteiger partial charge >= 0.3 is 0 Å². The number of alkyl halides is 1. The Morgan fingerprint density at radius 1 is 1.24 bits per heavy atom. The van der Waals surface area contributed by atoms with Gasteiger partial charge in [-0.25, -0.2) is 8.42 Å². The predicted octanol–water partition coefficient (Wildman–Crippen LogP) is 2.37. The van der Waals surface area contributed by atoms with Crippen molar-refractivity contribution >= 4 is 21.6 Å². The number of aryl methyl sites for hydroxylation is 2. The van der Waals surface area contributed by atoms with Crippen LogP contribution < -0.4 is 0 Å². The van der Waals surface area contributed by atoms with Crippen LogP contribution in [0.2, 0.25) is 0 Å². The van der Waals surface area contributed by atoms with Crippen molar-refractivity contribution in [2.75, 3.05) is 26.7 Å². The van der Waals surface area contributed by atoms with Crippen LogP contribution in [0.5, 0.6) is 0 Å². The molecule has 0 saturated carbocycles. The molecule has 0 radical (unpaired) electrons. The lowest BCUT2D eigenvalue weighted by Gasteiger charge is -2.37. The Morgan fingerprint density at radius 2 is 1.90 bits per heavy atom. The smallest absolute Gasteiger partial charge is 0.243 e. The summed E-state index contributed by atoms with van der Waals surface area (Å²) in [6.45, 7) is 7.81. The number of hydrogen-bond donors (Lipinski definition) is 0. The fourth-order valence-electron chi connectivity index (χ4n) is 2.90. The number of rotatable bonds is 3. The maximum absolute atomic E-state index is 13.0. The van der Waals surface area contributed by atoms with Crippen molar-refractivity contribution in [2.45, 2.75) is 37.6 Å². The average molecular weight is 331 g/mol. The maximum Gasteiger partial charge on any atom is 0.243 e. The molecule has 0 aromatic heterocycles. The number of likely N-dealkylation sites (N-methyl/N-ethyl adjacent to an activating group) is 1. The van der Waals surface area contributed by atoms with Gasteiger partial charge in [0.25, 0.3) is 0 Å². The summed E-state index contributed by atoms with van der Waals surface area (Å²) in [6.07, 6.45) is 0. The second kappa shape index (κ2) is 6.24. The van der Waals surface area contributed by atoms with Crippen molar-refractivity contribution < 1.29 is 8.42 Å². The van der Waals surface area contributed by atoms with Gasteiger partial charge in [0.2, 0.25) is 10.0 Å². The van der Waals surface area contributed by atoms with Crippen LogP contribution in [0.4, 0.5) is 0 Å². The highest BCUT2D eigenvalue weighted by Crippen LogP contribution is 2.27. The molecule has 1 aliphatic heterocycles. The molecule has 1 aliphatic rings. The highest BCUT2D eigenvalue weighted by atomic mass is 35.5. The van der Waals surface area contributed by atoms with E-state index in [1.54, 1.807) is 10.4 Å². The van der Waals surface area contributed by atoms with Gasteiger partial charge in [0, 0.05) is 31.6 Å². The number of nitrogens with zero attached hydrogens (tertiary/aromatic N) is 2. The molecule has 1 aromatic carbocycles. The van der Waals surface area contributed by atoms with E-state index in [4.69, 9.17) is 11.6 Å². The molecule has 1 unspecified atom stereocenters. The third-order valence-electron chi connectivity index (χ3n) is 4.13. The maximum atomic E-state index is 13.0. The summed E-state index contributed by atoms with van der Waals surface area (Å²) in [5, 5.41) is 0. The molecule has 1 saturated heterocycles. The first-order chi connectivity index (χ1) is 9.77. The van der Waals surface area contributed by atoms with Crippen molar-refractivity contribution in [3.05, 3.63) is 28.8 Å². The minimum absolute atomic E-state index is 0.0195. The molecule has 0 amide bonds. The number of piperazine rings is 1. The quantitative estimate of drug-likeness (QED) is 0.799. The molecule has 0 N–H and O–H groups in total. The summed E-state index contributed by atoms with van der Waals surface area (Å²) in [7, 11) is -1.45. The van der Waals surface area contributed by atoms with Gasteiger partial charge in [-0.15, -0.1) is 11.6 Å². The van der Waals surface area contributed by atoms with Crippen LogP contribution in [0.25, 0.3) is 0 Å². The van der Waals surface area contributed by atoms with Gasteiger partial charge in [-0.2, -0.15) is 4.31 Å². The third-order valence-corrected chi connectivity index (χ3v) is 6.58. The van der Waals surface area contributed by atoms with Crippen LogP contribution in [0.3, 0.4) is 0 Å². The van der Waals surface area contributed by atoms with Crippen molar-refractivity contribution in [1.29, 1.82) is 0 Å². The normalized spacial score (nSPS) is 21.7. The van der Waals surface area contributed by atoms with E-state index in [2.05, 4.69) is 4.90 Å². The van der Waals surface area contributed by atoms with Gasteiger partial charge in [0.1, 0.15) is 0 Å². The van der Waals surface area contributed by atoms with Crippen LogP contribution in [0, 0.1) is 13.8 Å². The first-order valence-electron chi connectivity index (χ1n) is 7.14. The molecule has 1 aromatic rings. The summed E-state index contributed by atoms with van der Waals surface area (Å²) in [6, 6.07) is 3.62. The molecule has 1 fully saturated rings. The molecular formula is C15H23ClN2O2S. The van der Waals surface area contributed by atoms with Crippen LogP contribution in [-0.2, 0) is 15.9 Å². The lowest BCUT2D eigenvalue weighted by molar-refractivity contribution is 0.170. The zero-order chi connectivity index (χ0) is 15.8. The second-order valence-corrected chi connectivity index (χ2v) is 8.03. The Morgan fingerprint density at radius 3 is 2.48 bits per heavy atom. The second-order valence-electron chi connectivity index (χ2n) is 5.90. The Balaban J connectivity index is 2.44. The molecule has 0 bridgehead atoms. The Labute approximate surface area is 132 Å². The van der Waals surface area contributed by atoms with E-state index in [1.165, 1.54) is 0 Å². The minimum Gasteiger partial charge on any atom is -0.303 e. The Hall–Kier alpha value is -0.620. The summed E-state index contributed by atoms with van der Waals surface area (Å²) in [5.41, 5.74) is 2.70. The molecule has 1 heterocycles. The molecular weight excluding hydrogens is 308 g/mol. The van der Waals surface area contributed by atoms with Gasteiger partial charge in [-0.3, -0.25) is 0 Å². The van der Waals surface area contributed by atoms with Crippen molar-refractivity contribution in [3.8, 4) is 0 Å². The summed E-state index contributed by atoms with van der Waals surface area (Å²) in [4.78, 5) is 2.54. The van der Waals surface area contributed by atoms with E-state index in [0.29, 0.717) is 17.3 Å². The van der Waals surface area contributed by atoms with Crippen LogP contribution in [-0.4, -0.2) is 50.3 Å². The molecule has 4 nitrogen and oxygen atoms in total. The Kier molecular flexibility index (Phi) is 4.98. The monoisotopic (exact) mass is 330 g/mol. The Bertz CT molecular complexity index is 631. The van der Waals surface area contributed by atoms with E-state index in [-0.39, 0.29) is 6.04 Å². The lowest BCUT2D eigenvalue weighted by Crippen LogP contribution is -2.52. The molecule has 0 aliphatic carbocycles. The summed E-state index contributed by atoms with van der Waals surface area (Å²) < 4.78 is 27.6. The number of sulfonamides is 1. The van der Waals surface area contributed by atoms with E-state index in [9.17, 15) is 8.42 Å². The predicted molar refractivity (Wildman–Crippen MR) is 86.3 cm³/mol. The van der Waals surface area contributed by atoms with Crippen LogP contribution in [0.1, 0.15) is 23.6 Å². The van der Waals surface area contributed by atoms with Gasteiger partial charge in [0.05, 0.1) is 4.90 Å². The standard InChI is InChI=1S/C15H23ClN2O2S/c1-11-7-12(2)15(8-14(11)9-16)21(19,20)18-6-5-17(4)10-13(18)3/h7-8,13H,5-6,9-10H2,1-4H3. The zero-order valence-corrected chi connectivity index (χ0v) is 14.6. The number of halogens is 1. The summed E-state index contributed by atoms with van der Waals surface area (Å²) in [5.74, 6) is 0.326. The molecule has 118 valence electrons. The van der Waals surface area contributed by atoms with Gasteiger partial charge in [-0.05, 0) is 50.6 Å². The zero-order valence-electron chi connectivity index (χ0n) is 13.1. The molecule has 0 spiro atoms. The first-order valence-corrected chi connectivity index (χ1v) is 9.11. The SMILES string of the molecule is Cc1cc(C)c(S(=O)(=O)N2CCN(C)CC2C)cc1CCl. The highest BCUT2D eigenvalue weighted by Gasteiger charge is 2.33. The average Bonchev–Trinajstić information content (AvgIpc) is 2.37. The third kappa shape index (κ3) is 3.26. The summed E-state index contributed by atoms with van der Waals surface area (Å²) >= 11 is 5.93. The number of hydrogen-bond acceptors (Lipinski definition) is 3. The van der Waals surface area contributed by atoms with E-state index >= 15 is 0 Å².